The van der Waals surface area contributed by atoms with Crippen molar-refractivity contribution in [2.24, 2.45) is 5.41 Å². The highest BCUT2D eigenvalue weighted by Crippen LogP contribution is 2.39. The molecule has 0 aromatic heterocycles. The van der Waals surface area contributed by atoms with Gasteiger partial charge in [0.1, 0.15) is 0 Å². The Labute approximate surface area is 148 Å². The number of rotatable bonds is 3. The maximum Gasteiger partial charge on any atom is 0.254 e. The molecule has 1 aromatic carbocycles. The number of carbonyl (C=O) groups is 2. The summed E-state index contributed by atoms with van der Waals surface area (Å²) in [6, 6.07) is 4.70. The highest BCUT2D eigenvalue weighted by Gasteiger charge is 2.42. The van der Waals surface area contributed by atoms with Crippen LogP contribution in [0.2, 0.25) is 0 Å². The molecule has 0 aliphatic carbocycles. The molecule has 136 valence electrons. The summed E-state index contributed by atoms with van der Waals surface area (Å²) in [5.41, 5.74) is 0.532. The van der Waals surface area contributed by atoms with E-state index in [0.29, 0.717) is 24.3 Å². The van der Waals surface area contributed by atoms with Gasteiger partial charge in [0.2, 0.25) is 5.91 Å². The van der Waals surface area contributed by atoms with Crippen LogP contribution in [0.3, 0.4) is 0 Å². The van der Waals surface area contributed by atoms with Crippen LogP contribution in [-0.2, 0) is 4.79 Å². The van der Waals surface area contributed by atoms with E-state index in [-0.39, 0.29) is 23.0 Å². The molecule has 2 saturated heterocycles. The molecule has 6 heteroatoms. The van der Waals surface area contributed by atoms with Crippen LogP contribution < -0.4 is 4.74 Å². The fourth-order valence-corrected chi connectivity index (χ4v) is 4.10. The molecule has 2 aliphatic rings. The first-order valence-corrected chi connectivity index (χ1v) is 8.92. The van der Waals surface area contributed by atoms with Crippen molar-refractivity contribution in [2.75, 3.05) is 33.3 Å². The molecule has 2 aliphatic heterocycles. The number of phenols is 1. The number of carbonyl (C=O) groups excluding carboxylic acids is 2. The van der Waals surface area contributed by atoms with E-state index >= 15 is 0 Å². The third-order valence-corrected chi connectivity index (χ3v) is 5.51. The van der Waals surface area contributed by atoms with Crippen molar-refractivity contribution >= 4 is 11.8 Å². The van der Waals surface area contributed by atoms with Gasteiger partial charge in [-0.3, -0.25) is 9.59 Å². The lowest BCUT2D eigenvalue weighted by Gasteiger charge is -2.48. The Bertz CT molecular complexity index is 675. The molecule has 2 heterocycles. The first-order chi connectivity index (χ1) is 12.0. The van der Waals surface area contributed by atoms with Crippen LogP contribution >= 0.6 is 0 Å². The summed E-state index contributed by atoms with van der Waals surface area (Å²) in [7, 11) is 1.47. The van der Waals surface area contributed by atoms with Crippen LogP contribution in [0.25, 0.3) is 0 Å². The quantitative estimate of drug-likeness (QED) is 0.911. The molecule has 0 unspecified atom stereocenters. The average Bonchev–Trinajstić information content (AvgIpc) is 2.64. The minimum atomic E-state index is -0.0441. The van der Waals surface area contributed by atoms with Crippen LogP contribution in [0.5, 0.6) is 11.5 Å². The van der Waals surface area contributed by atoms with Crippen molar-refractivity contribution in [1.29, 1.82) is 0 Å². The Morgan fingerprint density at radius 2 is 2.12 bits per heavy atom. The fraction of sp³-hybridized carbons (Fsp3) is 0.579. The zero-order chi connectivity index (χ0) is 18.0. The van der Waals surface area contributed by atoms with Crippen molar-refractivity contribution < 1.29 is 19.4 Å². The Kier molecular flexibility index (Phi) is 4.88. The maximum absolute atomic E-state index is 12.9. The van der Waals surface area contributed by atoms with Crippen molar-refractivity contribution in [3.8, 4) is 11.5 Å². The first kappa shape index (κ1) is 17.6. The van der Waals surface area contributed by atoms with Gasteiger partial charge in [-0.25, -0.2) is 0 Å². The number of aromatic hydroxyl groups is 1. The van der Waals surface area contributed by atoms with Crippen LogP contribution in [-0.4, -0.2) is 60.0 Å². The highest BCUT2D eigenvalue weighted by molar-refractivity contribution is 5.95. The van der Waals surface area contributed by atoms with Gasteiger partial charge in [-0.05, 0) is 44.4 Å². The normalized spacial score (nSPS) is 23.8. The molecule has 6 nitrogen and oxygen atoms in total. The van der Waals surface area contributed by atoms with Gasteiger partial charge in [0.25, 0.3) is 5.91 Å². The Hall–Kier alpha value is -2.24. The SMILES string of the molecule is CCN1C[C@]2(CCCN(C(=O)c3ccc(O)c(OC)c3)C2)CCC1=O. The third kappa shape index (κ3) is 3.43. The molecular formula is C19H26N2O4. The lowest BCUT2D eigenvalue weighted by atomic mass is 9.73. The van der Waals surface area contributed by atoms with Gasteiger partial charge in [0.15, 0.2) is 11.5 Å². The number of benzene rings is 1. The molecule has 1 N–H and O–H groups in total. The van der Waals surface area contributed by atoms with Crippen LogP contribution in [0.4, 0.5) is 0 Å². The number of ether oxygens (including phenoxy) is 1. The number of amides is 2. The minimum Gasteiger partial charge on any atom is -0.504 e. The Morgan fingerprint density at radius 3 is 2.84 bits per heavy atom. The van der Waals surface area contributed by atoms with Crippen molar-refractivity contribution in [3.05, 3.63) is 23.8 Å². The predicted molar refractivity (Wildman–Crippen MR) is 93.7 cm³/mol. The summed E-state index contributed by atoms with van der Waals surface area (Å²) in [5, 5.41) is 9.72. The second kappa shape index (κ2) is 6.94. The van der Waals surface area contributed by atoms with Crippen molar-refractivity contribution in [1.82, 2.24) is 9.80 Å². The summed E-state index contributed by atoms with van der Waals surface area (Å²) < 4.78 is 5.11. The van der Waals surface area contributed by atoms with Gasteiger partial charge in [-0.2, -0.15) is 0 Å². The van der Waals surface area contributed by atoms with E-state index in [1.54, 1.807) is 12.1 Å². The van der Waals surface area contributed by atoms with E-state index in [1.165, 1.54) is 13.2 Å². The molecule has 3 rings (SSSR count). The molecule has 1 spiro atoms. The molecule has 1 atom stereocenters. The molecule has 25 heavy (non-hydrogen) atoms. The summed E-state index contributed by atoms with van der Waals surface area (Å²) in [4.78, 5) is 28.7. The van der Waals surface area contributed by atoms with Crippen molar-refractivity contribution in [2.45, 2.75) is 32.6 Å². The van der Waals surface area contributed by atoms with Crippen molar-refractivity contribution in [3.63, 3.8) is 0 Å². The molecule has 0 bridgehead atoms. The standard InChI is InChI=1S/C19H26N2O4/c1-3-20-12-19(9-7-17(20)23)8-4-10-21(13-19)18(24)14-5-6-15(22)16(11-14)25-2/h5-6,11,22H,3-4,7-10,12-13H2,1-2H3/t19-/m0/s1. The molecule has 1 aromatic rings. The van der Waals surface area contributed by atoms with E-state index < -0.39 is 0 Å². The minimum absolute atomic E-state index is 0.0127. The van der Waals surface area contributed by atoms with Gasteiger partial charge < -0.3 is 19.6 Å². The number of hydrogen-bond donors (Lipinski definition) is 1. The van der Waals surface area contributed by atoms with Gasteiger partial charge in [0, 0.05) is 43.6 Å². The summed E-state index contributed by atoms with van der Waals surface area (Å²) >= 11 is 0. The predicted octanol–water partition coefficient (Wildman–Crippen LogP) is 2.27. The number of piperidine rings is 2. The smallest absolute Gasteiger partial charge is 0.254 e. The highest BCUT2D eigenvalue weighted by atomic mass is 16.5. The monoisotopic (exact) mass is 346 g/mol. The largest absolute Gasteiger partial charge is 0.504 e. The summed E-state index contributed by atoms with van der Waals surface area (Å²) in [6.45, 7) is 4.88. The molecule has 2 amide bonds. The van der Waals surface area contributed by atoms with Crippen LogP contribution in [0, 0.1) is 5.41 Å². The Morgan fingerprint density at radius 1 is 1.32 bits per heavy atom. The Balaban J connectivity index is 1.77. The third-order valence-electron chi connectivity index (χ3n) is 5.51. The van der Waals surface area contributed by atoms with E-state index in [2.05, 4.69) is 0 Å². The zero-order valence-electron chi connectivity index (χ0n) is 15.0. The zero-order valence-corrected chi connectivity index (χ0v) is 15.0. The first-order valence-electron chi connectivity index (χ1n) is 8.92. The van der Waals surface area contributed by atoms with Gasteiger partial charge in [0.05, 0.1) is 7.11 Å². The number of nitrogens with zero attached hydrogens (tertiary/aromatic N) is 2. The molecule has 0 radical (unpaired) electrons. The van der Waals surface area contributed by atoms with Gasteiger partial charge in [-0.1, -0.05) is 0 Å². The van der Waals surface area contributed by atoms with E-state index in [9.17, 15) is 14.7 Å². The molecular weight excluding hydrogens is 320 g/mol. The number of phenolic OH excluding ortho intramolecular Hbond substituents is 1. The number of likely N-dealkylation sites (tertiary alicyclic amines) is 2. The van der Waals surface area contributed by atoms with Crippen LogP contribution in [0.1, 0.15) is 43.0 Å². The lowest BCUT2D eigenvalue weighted by molar-refractivity contribution is -0.138. The second-order valence-electron chi connectivity index (χ2n) is 7.12. The molecule has 2 fully saturated rings. The van der Waals surface area contributed by atoms with E-state index in [0.717, 1.165) is 38.9 Å². The number of hydrogen-bond acceptors (Lipinski definition) is 4. The maximum atomic E-state index is 12.9. The average molecular weight is 346 g/mol. The topological polar surface area (TPSA) is 70.1 Å². The van der Waals surface area contributed by atoms with Gasteiger partial charge >= 0.3 is 0 Å². The number of methoxy groups -OCH3 is 1. The second-order valence-corrected chi connectivity index (χ2v) is 7.12. The van der Waals surface area contributed by atoms with E-state index in [4.69, 9.17) is 4.74 Å². The van der Waals surface area contributed by atoms with E-state index in [1.807, 2.05) is 16.7 Å². The summed E-state index contributed by atoms with van der Waals surface area (Å²) in [6.07, 6.45) is 3.43. The lowest BCUT2D eigenvalue weighted by Crippen LogP contribution is -2.55. The van der Waals surface area contributed by atoms with Gasteiger partial charge in [-0.15, -0.1) is 0 Å². The van der Waals surface area contributed by atoms with Crippen LogP contribution in [0.15, 0.2) is 18.2 Å². The summed E-state index contributed by atoms with van der Waals surface area (Å²) in [5.74, 6) is 0.508. The molecule has 0 saturated carbocycles. The fourth-order valence-electron chi connectivity index (χ4n) is 4.10.